The lowest BCUT2D eigenvalue weighted by Crippen LogP contribution is -2.06. The van der Waals surface area contributed by atoms with Crippen molar-refractivity contribution in [2.75, 3.05) is 7.11 Å². The van der Waals surface area contributed by atoms with Gasteiger partial charge in [-0.1, -0.05) is 18.2 Å². The number of hydrogen-bond acceptors (Lipinski definition) is 2. The van der Waals surface area contributed by atoms with Gasteiger partial charge in [0, 0.05) is 18.8 Å². The Morgan fingerprint density at radius 2 is 1.90 bits per heavy atom. The van der Waals surface area contributed by atoms with E-state index in [1.807, 2.05) is 0 Å². The summed E-state index contributed by atoms with van der Waals surface area (Å²) < 4.78 is 44.9. The molecular formula is C14H12F3NO2. The van der Waals surface area contributed by atoms with Gasteiger partial charge in [-0.05, 0) is 17.7 Å². The number of rotatable bonds is 2. The first kappa shape index (κ1) is 14.2. The average Bonchev–Trinajstić information content (AvgIpc) is 2.79. The van der Waals surface area contributed by atoms with Crippen molar-refractivity contribution in [1.29, 1.82) is 0 Å². The van der Waals surface area contributed by atoms with Crippen molar-refractivity contribution in [2.45, 2.75) is 6.18 Å². The highest BCUT2D eigenvalue weighted by molar-refractivity contribution is 5.90. The van der Waals surface area contributed by atoms with Crippen LogP contribution in [0.4, 0.5) is 13.2 Å². The number of aryl methyl sites for hydroxylation is 1. The Kier molecular flexibility index (Phi) is 3.57. The minimum atomic E-state index is -4.45. The van der Waals surface area contributed by atoms with Gasteiger partial charge in [0.1, 0.15) is 5.69 Å². The number of carbonyl (C=O) groups excluding carboxylic acids is 1. The smallest absolute Gasteiger partial charge is 0.417 e. The second kappa shape index (κ2) is 5.03. The van der Waals surface area contributed by atoms with Crippen molar-refractivity contribution in [3.63, 3.8) is 0 Å². The molecule has 6 heteroatoms. The molecule has 20 heavy (non-hydrogen) atoms. The van der Waals surface area contributed by atoms with Crippen molar-refractivity contribution in [3.8, 4) is 11.1 Å². The molecule has 2 rings (SSSR count). The van der Waals surface area contributed by atoms with Gasteiger partial charge in [0.05, 0.1) is 12.7 Å². The van der Waals surface area contributed by atoms with E-state index in [-0.39, 0.29) is 11.3 Å². The summed E-state index contributed by atoms with van der Waals surface area (Å²) in [5, 5.41) is 0. The van der Waals surface area contributed by atoms with Gasteiger partial charge in [-0.15, -0.1) is 0 Å². The SMILES string of the molecule is COC(=O)c1cc(-c2ccccc2C(F)(F)F)cn1C. The molecule has 2 aromatic rings. The molecule has 0 aliphatic heterocycles. The Hall–Kier alpha value is -2.24. The number of aromatic nitrogens is 1. The highest BCUT2D eigenvalue weighted by Crippen LogP contribution is 2.37. The normalized spacial score (nSPS) is 11.4. The lowest BCUT2D eigenvalue weighted by Gasteiger charge is -2.11. The number of methoxy groups -OCH3 is 1. The van der Waals surface area contributed by atoms with Crippen LogP contribution in [0.2, 0.25) is 0 Å². The molecule has 1 aromatic heterocycles. The van der Waals surface area contributed by atoms with Crippen molar-refractivity contribution < 1.29 is 22.7 Å². The van der Waals surface area contributed by atoms with E-state index in [1.54, 1.807) is 7.05 Å². The van der Waals surface area contributed by atoms with Crippen LogP contribution in [-0.4, -0.2) is 17.6 Å². The van der Waals surface area contributed by atoms with Crippen LogP contribution in [0.5, 0.6) is 0 Å². The molecule has 1 heterocycles. The first-order valence-corrected chi connectivity index (χ1v) is 5.76. The van der Waals surface area contributed by atoms with E-state index in [2.05, 4.69) is 4.74 Å². The van der Waals surface area contributed by atoms with Crippen LogP contribution in [0.15, 0.2) is 36.5 Å². The Morgan fingerprint density at radius 1 is 1.25 bits per heavy atom. The standard InChI is InChI=1S/C14H12F3NO2/c1-18-8-9(7-12(18)13(19)20-2)10-5-3-4-6-11(10)14(15,16)17/h3-8H,1-2H3. The van der Waals surface area contributed by atoms with Crippen LogP contribution < -0.4 is 0 Å². The van der Waals surface area contributed by atoms with Gasteiger partial charge in [-0.2, -0.15) is 13.2 Å². The lowest BCUT2D eigenvalue weighted by molar-refractivity contribution is -0.137. The van der Waals surface area contributed by atoms with E-state index in [0.717, 1.165) is 6.07 Å². The number of esters is 1. The van der Waals surface area contributed by atoms with Crippen molar-refractivity contribution in [1.82, 2.24) is 4.57 Å². The highest BCUT2D eigenvalue weighted by atomic mass is 19.4. The van der Waals surface area contributed by atoms with Crippen LogP contribution >= 0.6 is 0 Å². The highest BCUT2D eigenvalue weighted by Gasteiger charge is 2.33. The summed E-state index contributed by atoms with van der Waals surface area (Å²) in [5.41, 5.74) is -0.187. The fourth-order valence-corrected chi connectivity index (χ4v) is 2.00. The molecule has 3 nitrogen and oxygen atoms in total. The molecular weight excluding hydrogens is 271 g/mol. The molecule has 0 amide bonds. The van der Waals surface area contributed by atoms with E-state index >= 15 is 0 Å². The Morgan fingerprint density at radius 3 is 2.50 bits per heavy atom. The van der Waals surface area contributed by atoms with Gasteiger partial charge in [-0.25, -0.2) is 4.79 Å². The quantitative estimate of drug-likeness (QED) is 0.790. The second-order valence-corrected chi connectivity index (χ2v) is 4.26. The number of halogens is 3. The molecule has 0 saturated carbocycles. The molecule has 106 valence electrons. The molecule has 0 aliphatic carbocycles. The summed E-state index contributed by atoms with van der Waals surface area (Å²) >= 11 is 0. The van der Waals surface area contributed by atoms with Crippen LogP contribution in [0.3, 0.4) is 0 Å². The predicted octanol–water partition coefficient (Wildman–Crippen LogP) is 3.50. The summed E-state index contributed by atoms with van der Waals surface area (Å²) in [7, 11) is 2.80. The Balaban J connectivity index is 2.56. The largest absolute Gasteiger partial charge is 0.464 e. The third kappa shape index (κ3) is 2.54. The molecule has 0 atom stereocenters. The first-order chi connectivity index (χ1) is 9.34. The monoisotopic (exact) mass is 283 g/mol. The van der Waals surface area contributed by atoms with Gasteiger partial charge >= 0.3 is 12.1 Å². The summed E-state index contributed by atoms with van der Waals surface area (Å²) in [6.45, 7) is 0. The molecule has 1 aromatic carbocycles. The van der Waals surface area contributed by atoms with Gasteiger partial charge < -0.3 is 9.30 Å². The average molecular weight is 283 g/mol. The minimum Gasteiger partial charge on any atom is -0.464 e. The third-order valence-electron chi connectivity index (χ3n) is 2.94. The molecule has 0 aliphatic rings. The van der Waals surface area contributed by atoms with E-state index in [9.17, 15) is 18.0 Å². The number of hydrogen-bond donors (Lipinski definition) is 0. The first-order valence-electron chi connectivity index (χ1n) is 5.76. The van der Waals surface area contributed by atoms with Gasteiger partial charge in [0.2, 0.25) is 0 Å². The van der Waals surface area contributed by atoms with Gasteiger partial charge in [0.25, 0.3) is 0 Å². The predicted molar refractivity (Wildman–Crippen MR) is 67.2 cm³/mol. The number of ether oxygens (including phenoxy) is 1. The molecule has 0 bridgehead atoms. The fraction of sp³-hybridized carbons (Fsp3) is 0.214. The molecule has 0 fully saturated rings. The summed E-state index contributed by atoms with van der Waals surface area (Å²) in [6, 6.07) is 6.63. The summed E-state index contributed by atoms with van der Waals surface area (Å²) in [5.74, 6) is -0.594. The Labute approximate surface area is 113 Å². The van der Waals surface area contributed by atoms with E-state index in [1.165, 1.54) is 42.1 Å². The molecule has 0 saturated heterocycles. The maximum Gasteiger partial charge on any atom is 0.417 e. The number of carbonyl (C=O) groups is 1. The number of benzene rings is 1. The topological polar surface area (TPSA) is 31.2 Å². The van der Waals surface area contributed by atoms with Crippen LogP contribution in [0.25, 0.3) is 11.1 Å². The molecule has 0 N–H and O–H groups in total. The Bertz CT molecular complexity index is 644. The molecule has 0 spiro atoms. The van der Waals surface area contributed by atoms with Crippen molar-refractivity contribution in [3.05, 3.63) is 47.8 Å². The third-order valence-corrected chi connectivity index (χ3v) is 2.94. The second-order valence-electron chi connectivity index (χ2n) is 4.26. The van der Waals surface area contributed by atoms with Crippen molar-refractivity contribution in [2.24, 2.45) is 7.05 Å². The summed E-state index contributed by atoms with van der Waals surface area (Å²) in [6.07, 6.45) is -2.98. The van der Waals surface area contributed by atoms with Crippen LogP contribution in [-0.2, 0) is 18.0 Å². The summed E-state index contributed by atoms with van der Waals surface area (Å²) in [4.78, 5) is 11.5. The molecule has 0 radical (unpaired) electrons. The number of alkyl halides is 3. The van der Waals surface area contributed by atoms with Crippen LogP contribution in [0, 0.1) is 0 Å². The molecule has 0 unspecified atom stereocenters. The van der Waals surface area contributed by atoms with Gasteiger partial charge in [0.15, 0.2) is 0 Å². The maximum atomic E-state index is 13.0. The maximum absolute atomic E-state index is 13.0. The zero-order valence-corrected chi connectivity index (χ0v) is 10.9. The van der Waals surface area contributed by atoms with E-state index < -0.39 is 17.7 Å². The van der Waals surface area contributed by atoms with Crippen LogP contribution in [0.1, 0.15) is 16.1 Å². The van der Waals surface area contributed by atoms with E-state index in [4.69, 9.17) is 0 Å². The zero-order chi connectivity index (χ0) is 14.9. The zero-order valence-electron chi connectivity index (χ0n) is 10.9. The van der Waals surface area contributed by atoms with Crippen molar-refractivity contribution >= 4 is 5.97 Å². The van der Waals surface area contributed by atoms with Gasteiger partial charge in [-0.3, -0.25) is 0 Å². The fourth-order valence-electron chi connectivity index (χ4n) is 2.00. The lowest BCUT2D eigenvalue weighted by atomic mass is 10.0. The minimum absolute atomic E-state index is 0.0331. The van der Waals surface area contributed by atoms with E-state index in [0.29, 0.717) is 5.56 Å². The number of nitrogens with zero attached hydrogens (tertiary/aromatic N) is 1.